The van der Waals surface area contributed by atoms with Gasteiger partial charge in [0.25, 0.3) is 0 Å². The molecule has 0 unspecified atom stereocenters. The van der Waals surface area contributed by atoms with Gasteiger partial charge in [0.15, 0.2) is 0 Å². The molecular formula is C16H17N3O. The van der Waals surface area contributed by atoms with E-state index in [0.717, 1.165) is 22.6 Å². The van der Waals surface area contributed by atoms with Crippen molar-refractivity contribution in [1.29, 1.82) is 5.26 Å². The molecule has 0 atom stereocenters. The third-order valence-corrected chi connectivity index (χ3v) is 3.10. The number of nitriles is 1. The smallest absolute Gasteiger partial charge is 0.219 e. The molecule has 0 saturated heterocycles. The zero-order chi connectivity index (χ0) is 14.7. The van der Waals surface area contributed by atoms with E-state index in [1.165, 1.54) is 6.20 Å². The van der Waals surface area contributed by atoms with Gasteiger partial charge in [-0.1, -0.05) is 13.8 Å². The van der Waals surface area contributed by atoms with Crippen LogP contribution < -0.4 is 10.5 Å². The Labute approximate surface area is 118 Å². The van der Waals surface area contributed by atoms with Crippen LogP contribution in [0, 0.1) is 18.3 Å². The number of nitrogens with two attached hydrogens (primary N) is 1. The molecule has 2 rings (SSSR count). The van der Waals surface area contributed by atoms with E-state index in [1.807, 2.05) is 25.1 Å². The maximum absolute atomic E-state index is 8.76. The molecule has 1 aromatic heterocycles. The number of nitrogens with zero attached hydrogens (tertiary/aromatic N) is 2. The number of benzene rings is 1. The molecule has 0 spiro atoms. The van der Waals surface area contributed by atoms with E-state index in [-0.39, 0.29) is 0 Å². The van der Waals surface area contributed by atoms with Crippen molar-refractivity contribution in [2.24, 2.45) is 0 Å². The van der Waals surface area contributed by atoms with E-state index in [9.17, 15) is 0 Å². The highest BCUT2D eigenvalue weighted by Gasteiger charge is 2.12. The zero-order valence-corrected chi connectivity index (χ0v) is 11.8. The summed E-state index contributed by atoms with van der Waals surface area (Å²) in [6.07, 6.45) is 1.49. The molecular weight excluding hydrogens is 250 g/mol. The van der Waals surface area contributed by atoms with E-state index < -0.39 is 0 Å². The maximum atomic E-state index is 8.76. The lowest BCUT2D eigenvalue weighted by Crippen LogP contribution is -1.99. The van der Waals surface area contributed by atoms with Gasteiger partial charge in [0.2, 0.25) is 5.88 Å². The van der Waals surface area contributed by atoms with Gasteiger partial charge < -0.3 is 10.5 Å². The largest absolute Gasteiger partial charge is 0.439 e. The summed E-state index contributed by atoms with van der Waals surface area (Å²) in [6.45, 7) is 6.12. The molecule has 1 heterocycles. The molecule has 1 aromatic carbocycles. The number of aryl methyl sites for hydroxylation is 1. The highest BCUT2D eigenvalue weighted by atomic mass is 16.5. The van der Waals surface area contributed by atoms with Crippen molar-refractivity contribution in [1.82, 2.24) is 4.98 Å². The number of anilines is 1. The van der Waals surface area contributed by atoms with Gasteiger partial charge in [-0.15, -0.1) is 0 Å². The molecule has 0 fully saturated rings. The molecule has 0 aliphatic heterocycles. The summed E-state index contributed by atoms with van der Waals surface area (Å²) in [7, 11) is 0. The third-order valence-electron chi connectivity index (χ3n) is 3.10. The van der Waals surface area contributed by atoms with Crippen molar-refractivity contribution in [2.75, 3.05) is 5.73 Å². The van der Waals surface area contributed by atoms with Crippen molar-refractivity contribution < 1.29 is 4.74 Å². The second-order valence-electron chi connectivity index (χ2n) is 5.00. The molecule has 0 saturated carbocycles. The standard InChI is InChI=1S/C16H17N3O/c1-10(2)13-7-14(18)11(3)6-15(13)20-16-5-4-12(8-17)9-19-16/h4-7,9-10H,18H2,1-3H3. The SMILES string of the molecule is Cc1cc(Oc2ccc(C#N)cn2)c(C(C)C)cc1N. The fraction of sp³-hybridized carbons (Fsp3) is 0.250. The molecule has 2 aromatic rings. The first-order valence-electron chi connectivity index (χ1n) is 6.45. The first-order chi connectivity index (χ1) is 9.51. The van der Waals surface area contributed by atoms with Gasteiger partial charge in [-0.25, -0.2) is 4.98 Å². The predicted molar refractivity (Wildman–Crippen MR) is 78.7 cm³/mol. The van der Waals surface area contributed by atoms with Gasteiger partial charge in [0, 0.05) is 18.0 Å². The van der Waals surface area contributed by atoms with Crippen LogP contribution in [0.15, 0.2) is 30.5 Å². The van der Waals surface area contributed by atoms with Crippen molar-refractivity contribution in [3.63, 3.8) is 0 Å². The van der Waals surface area contributed by atoms with Crippen LogP contribution in [0.1, 0.15) is 36.5 Å². The Bertz CT molecular complexity index is 655. The first-order valence-corrected chi connectivity index (χ1v) is 6.45. The number of hydrogen-bond donors (Lipinski definition) is 1. The molecule has 102 valence electrons. The fourth-order valence-electron chi connectivity index (χ4n) is 1.87. The van der Waals surface area contributed by atoms with Gasteiger partial charge in [-0.2, -0.15) is 5.26 Å². The van der Waals surface area contributed by atoms with Crippen molar-refractivity contribution in [3.05, 3.63) is 47.2 Å². The van der Waals surface area contributed by atoms with Crippen LogP contribution >= 0.6 is 0 Å². The normalized spacial score (nSPS) is 10.3. The molecule has 0 amide bonds. The van der Waals surface area contributed by atoms with Crippen molar-refractivity contribution in [3.8, 4) is 17.7 Å². The number of aromatic nitrogens is 1. The molecule has 0 radical (unpaired) electrons. The fourth-order valence-corrected chi connectivity index (χ4v) is 1.87. The number of hydrogen-bond acceptors (Lipinski definition) is 4. The lowest BCUT2D eigenvalue weighted by molar-refractivity contribution is 0.454. The minimum atomic E-state index is 0.297. The van der Waals surface area contributed by atoms with Crippen LogP contribution in [0.4, 0.5) is 5.69 Å². The molecule has 0 bridgehead atoms. The molecule has 20 heavy (non-hydrogen) atoms. The van der Waals surface area contributed by atoms with E-state index in [2.05, 4.69) is 18.8 Å². The quantitative estimate of drug-likeness (QED) is 0.859. The summed E-state index contributed by atoms with van der Waals surface area (Å²) >= 11 is 0. The Morgan fingerprint density at radius 1 is 1.30 bits per heavy atom. The second-order valence-corrected chi connectivity index (χ2v) is 5.00. The minimum Gasteiger partial charge on any atom is -0.439 e. The molecule has 0 aliphatic carbocycles. The number of rotatable bonds is 3. The van der Waals surface area contributed by atoms with Crippen LogP contribution in [-0.4, -0.2) is 4.98 Å². The molecule has 0 aliphatic rings. The van der Waals surface area contributed by atoms with Crippen molar-refractivity contribution >= 4 is 5.69 Å². The van der Waals surface area contributed by atoms with E-state index in [1.54, 1.807) is 12.1 Å². The maximum Gasteiger partial charge on any atom is 0.219 e. The van der Waals surface area contributed by atoms with Gasteiger partial charge in [-0.05, 0) is 42.2 Å². The number of pyridine rings is 1. The Kier molecular flexibility index (Phi) is 3.90. The minimum absolute atomic E-state index is 0.297. The Morgan fingerprint density at radius 3 is 2.60 bits per heavy atom. The summed E-state index contributed by atoms with van der Waals surface area (Å²) in [5.41, 5.74) is 9.23. The van der Waals surface area contributed by atoms with Crippen LogP contribution in [-0.2, 0) is 0 Å². The van der Waals surface area contributed by atoms with Gasteiger partial charge in [0.1, 0.15) is 11.8 Å². The van der Waals surface area contributed by atoms with Gasteiger partial charge in [-0.3, -0.25) is 0 Å². The van der Waals surface area contributed by atoms with E-state index in [0.29, 0.717) is 17.4 Å². The molecule has 2 N–H and O–H groups in total. The van der Waals surface area contributed by atoms with Crippen molar-refractivity contribution in [2.45, 2.75) is 26.7 Å². The highest BCUT2D eigenvalue weighted by molar-refractivity contribution is 5.55. The Hall–Kier alpha value is -2.54. The summed E-state index contributed by atoms with van der Waals surface area (Å²) in [4.78, 5) is 4.12. The zero-order valence-electron chi connectivity index (χ0n) is 11.8. The average Bonchev–Trinajstić information content (AvgIpc) is 2.43. The van der Waals surface area contributed by atoms with E-state index >= 15 is 0 Å². The monoisotopic (exact) mass is 267 g/mol. The summed E-state index contributed by atoms with van der Waals surface area (Å²) < 4.78 is 5.83. The summed E-state index contributed by atoms with van der Waals surface area (Å²) in [5.74, 6) is 1.52. The molecule has 4 nitrogen and oxygen atoms in total. The average molecular weight is 267 g/mol. The predicted octanol–water partition coefficient (Wildman–Crippen LogP) is 3.76. The lowest BCUT2D eigenvalue weighted by Gasteiger charge is -2.15. The van der Waals surface area contributed by atoms with E-state index in [4.69, 9.17) is 15.7 Å². The topological polar surface area (TPSA) is 71.9 Å². The van der Waals surface area contributed by atoms with Crippen LogP contribution in [0.5, 0.6) is 11.6 Å². The number of nitrogen functional groups attached to an aromatic ring is 1. The second kappa shape index (κ2) is 5.62. The lowest BCUT2D eigenvalue weighted by atomic mass is 9.99. The van der Waals surface area contributed by atoms with Gasteiger partial charge in [0.05, 0.1) is 5.56 Å². The Morgan fingerprint density at radius 2 is 2.05 bits per heavy atom. The van der Waals surface area contributed by atoms with Crippen LogP contribution in [0.25, 0.3) is 0 Å². The molecule has 4 heteroatoms. The summed E-state index contributed by atoms with van der Waals surface area (Å²) in [5, 5.41) is 8.76. The highest BCUT2D eigenvalue weighted by Crippen LogP contribution is 2.33. The number of ether oxygens (including phenoxy) is 1. The first kappa shape index (κ1) is 13.9. The van der Waals surface area contributed by atoms with Crippen LogP contribution in [0.3, 0.4) is 0 Å². The third kappa shape index (κ3) is 2.89. The van der Waals surface area contributed by atoms with Crippen LogP contribution in [0.2, 0.25) is 0 Å². The summed E-state index contributed by atoms with van der Waals surface area (Å²) in [6, 6.07) is 9.27. The van der Waals surface area contributed by atoms with Gasteiger partial charge >= 0.3 is 0 Å². The Balaban J connectivity index is 2.36.